The molecular weight excluding hydrogens is 224 g/mol. The third-order valence-electron chi connectivity index (χ3n) is 3.05. The molecule has 0 aliphatic carbocycles. The lowest BCUT2D eigenvalue weighted by atomic mass is 10.1. The largest absolute Gasteiger partial charge is 0.481 e. The molecule has 0 rings (SSSR count). The quantitative estimate of drug-likeness (QED) is 0.280. The maximum Gasteiger partial charge on any atom is 0.303 e. The Kier molecular flexibility index (Phi) is 13.6. The first-order chi connectivity index (χ1) is 8.77. The molecule has 0 atom stereocenters. The van der Waals surface area contributed by atoms with E-state index in [1.54, 1.807) is 0 Å². The fourth-order valence-electron chi connectivity index (χ4n) is 1.92. The van der Waals surface area contributed by atoms with Gasteiger partial charge < -0.3 is 12.0 Å². The fourth-order valence-corrected chi connectivity index (χ4v) is 1.92. The Hall–Kier alpha value is -0.790. The van der Waals surface area contributed by atoms with Gasteiger partial charge in [0.2, 0.25) is 0 Å². The maximum absolute atomic E-state index is 10.3. The van der Waals surface area contributed by atoms with Crippen molar-refractivity contribution in [2.24, 2.45) is 0 Å². The first-order valence-corrected chi connectivity index (χ1v) is 7.43. The third kappa shape index (κ3) is 15.2. The van der Waals surface area contributed by atoms with E-state index in [4.69, 9.17) is 5.11 Å². The summed E-state index contributed by atoms with van der Waals surface area (Å²) in [5, 5.41) is 8.48. The Morgan fingerprint density at radius 1 is 0.833 bits per heavy atom. The molecule has 0 radical (unpaired) electrons. The molecule has 106 valence electrons. The molecule has 0 aromatic heterocycles. The number of aliphatic carboxylic acids is 1. The van der Waals surface area contributed by atoms with Crippen molar-refractivity contribution < 1.29 is 9.90 Å². The van der Waals surface area contributed by atoms with Crippen LogP contribution in [0.5, 0.6) is 0 Å². The van der Waals surface area contributed by atoms with E-state index in [-0.39, 0.29) is 0 Å². The molecule has 0 saturated carbocycles. The lowest BCUT2D eigenvalue weighted by Crippen LogP contribution is -1.93. The Balaban J connectivity index is 3.06. The van der Waals surface area contributed by atoms with E-state index in [1.165, 1.54) is 51.4 Å². The number of hydrogen-bond acceptors (Lipinski definition) is 1. The van der Waals surface area contributed by atoms with E-state index >= 15 is 0 Å². The predicted molar refractivity (Wildman–Crippen MR) is 77.5 cm³/mol. The van der Waals surface area contributed by atoms with Crippen molar-refractivity contribution in [1.29, 1.82) is 0 Å². The number of carboxylic acid groups (broad SMARTS) is 1. The van der Waals surface area contributed by atoms with E-state index < -0.39 is 5.97 Å². The summed E-state index contributed by atoms with van der Waals surface area (Å²) in [6.07, 6.45) is 17.7. The second-order valence-electron chi connectivity index (χ2n) is 4.87. The van der Waals surface area contributed by atoms with Crippen LogP contribution < -0.4 is 0 Å². The standard InChI is InChI=1S/C16H29O2/c1-2-3-4-5-6-7-8-9-10-11-12-13-14-15-16(17)18/h7-8H,1-6,9-15H2,(H,17,18)/q-1/b8-7-. The average Bonchev–Trinajstić information content (AvgIpc) is 2.34. The molecule has 0 fully saturated rings. The van der Waals surface area contributed by atoms with Crippen LogP contribution >= 0.6 is 0 Å². The van der Waals surface area contributed by atoms with Gasteiger partial charge in [0.1, 0.15) is 0 Å². The van der Waals surface area contributed by atoms with Gasteiger partial charge in [0.05, 0.1) is 0 Å². The zero-order valence-corrected chi connectivity index (χ0v) is 11.7. The maximum atomic E-state index is 10.3. The molecule has 0 unspecified atom stereocenters. The lowest BCUT2D eigenvalue weighted by Gasteiger charge is -1.99. The van der Waals surface area contributed by atoms with Gasteiger partial charge in [-0.3, -0.25) is 4.79 Å². The molecular formula is C16H29O2-. The summed E-state index contributed by atoms with van der Waals surface area (Å²) in [6, 6.07) is 0. The Labute approximate surface area is 112 Å². The van der Waals surface area contributed by atoms with Crippen molar-refractivity contribution in [2.75, 3.05) is 0 Å². The molecule has 0 bridgehead atoms. The number of carboxylic acids is 1. The minimum atomic E-state index is -0.670. The van der Waals surface area contributed by atoms with E-state index in [0.29, 0.717) is 6.42 Å². The van der Waals surface area contributed by atoms with Gasteiger partial charge in [0.15, 0.2) is 0 Å². The predicted octanol–water partition coefficient (Wildman–Crippen LogP) is 5.14. The van der Waals surface area contributed by atoms with E-state index in [9.17, 15) is 4.79 Å². The van der Waals surface area contributed by atoms with Crippen molar-refractivity contribution in [3.05, 3.63) is 19.1 Å². The minimum absolute atomic E-state index is 0.327. The highest BCUT2D eigenvalue weighted by atomic mass is 16.4. The van der Waals surface area contributed by atoms with Crippen molar-refractivity contribution in [3.63, 3.8) is 0 Å². The summed E-state index contributed by atoms with van der Waals surface area (Å²) in [6.45, 7) is 3.83. The van der Waals surface area contributed by atoms with E-state index in [2.05, 4.69) is 19.1 Å². The van der Waals surface area contributed by atoms with Crippen molar-refractivity contribution >= 4 is 5.97 Å². The number of allylic oxidation sites excluding steroid dienone is 2. The van der Waals surface area contributed by atoms with Crippen LogP contribution in [0.3, 0.4) is 0 Å². The zero-order valence-electron chi connectivity index (χ0n) is 11.7. The number of hydrogen-bond donors (Lipinski definition) is 1. The van der Waals surface area contributed by atoms with Gasteiger partial charge in [-0.25, -0.2) is 0 Å². The van der Waals surface area contributed by atoms with Crippen LogP contribution in [-0.2, 0) is 4.79 Å². The molecule has 2 nitrogen and oxygen atoms in total. The highest BCUT2D eigenvalue weighted by molar-refractivity contribution is 5.66. The molecule has 0 aromatic rings. The highest BCUT2D eigenvalue weighted by Crippen LogP contribution is 2.08. The van der Waals surface area contributed by atoms with Gasteiger partial charge >= 0.3 is 5.97 Å². The van der Waals surface area contributed by atoms with Crippen LogP contribution in [-0.4, -0.2) is 11.1 Å². The van der Waals surface area contributed by atoms with Crippen LogP contribution in [0.25, 0.3) is 0 Å². The number of unbranched alkanes of at least 4 members (excludes halogenated alkanes) is 9. The summed E-state index contributed by atoms with van der Waals surface area (Å²) in [7, 11) is 0. The van der Waals surface area contributed by atoms with Crippen molar-refractivity contribution in [1.82, 2.24) is 0 Å². The van der Waals surface area contributed by atoms with Crippen molar-refractivity contribution in [3.8, 4) is 0 Å². The second-order valence-corrected chi connectivity index (χ2v) is 4.87. The van der Waals surface area contributed by atoms with Crippen LogP contribution in [0.1, 0.15) is 77.0 Å². The van der Waals surface area contributed by atoms with Crippen molar-refractivity contribution in [2.45, 2.75) is 77.0 Å². The Bertz CT molecular complexity index is 209. The number of rotatable bonds is 13. The molecule has 2 heteroatoms. The minimum Gasteiger partial charge on any atom is -0.481 e. The molecule has 0 aromatic carbocycles. The SMILES string of the molecule is [CH2-]CCCCC/C=C\CCCCCCCC(=O)O. The van der Waals surface area contributed by atoms with E-state index in [1.807, 2.05) is 0 Å². The monoisotopic (exact) mass is 253 g/mol. The first-order valence-electron chi connectivity index (χ1n) is 7.43. The summed E-state index contributed by atoms with van der Waals surface area (Å²) >= 11 is 0. The topological polar surface area (TPSA) is 37.3 Å². The third-order valence-corrected chi connectivity index (χ3v) is 3.05. The smallest absolute Gasteiger partial charge is 0.303 e. The summed E-state index contributed by atoms with van der Waals surface area (Å²) < 4.78 is 0. The van der Waals surface area contributed by atoms with Gasteiger partial charge in [0, 0.05) is 6.42 Å². The second kappa shape index (κ2) is 14.3. The van der Waals surface area contributed by atoms with Gasteiger partial charge in [0.25, 0.3) is 0 Å². The Morgan fingerprint density at radius 3 is 1.89 bits per heavy atom. The van der Waals surface area contributed by atoms with Gasteiger partial charge in [-0.05, 0) is 32.1 Å². The molecule has 18 heavy (non-hydrogen) atoms. The average molecular weight is 253 g/mol. The van der Waals surface area contributed by atoms with Gasteiger partial charge in [-0.1, -0.05) is 44.3 Å². The summed E-state index contributed by atoms with van der Waals surface area (Å²) in [4.78, 5) is 10.3. The van der Waals surface area contributed by atoms with Crippen LogP contribution in [0, 0.1) is 6.92 Å². The lowest BCUT2D eigenvalue weighted by molar-refractivity contribution is -0.137. The molecule has 0 aliphatic heterocycles. The molecule has 0 amide bonds. The zero-order chi connectivity index (χ0) is 13.5. The normalized spacial score (nSPS) is 11.2. The first kappa shape index (κ1) is 17.2. The molecule has 0 aliphatic rings. The summed E-state index contributed by atoms with van der Waals surface area (Å²) in [5.41, 5.74) is 0. The van der Waals surface area contributed by atoms with Gasteiger partial charge in [-0.15, -0.1) is 0 Å². The molecule has 1 N–H and O–H groups in total. The molecule has 0 saturated heterocycles. The van der Waals surface area contributed by atoms with E-state index in [0.717, 1.165) is 19.3 Å². The highest BCUT2D eigenvalue weighted by Gasteiger charge is 1.95. The van der Waals surface area contributed by atoms with Crippen LogP contribution in [0.4, 0.5) is 0 Å². The molecule has 0 spiro atoms. The molecule has 0 heterocycles. The van der Waals surface area contributed by atoms with Crippen LogP contribution in [0.2, 0.25) is 0 Å². The number of carbonyl (C=O) groups is 1. The Morgan fingerprint density at radius 2 is 1.33 bits per heavy atom. The fraction of sp³-hybridized carbons (Fsp3) is 0.750. The van der Waals surface area contributed by atoms with Gasteiger partial charge in [-0.2, -0.15) is 6.42 Å². The van der Waals surface area contributed by atoms with Crippen LogP contribution in [0.15, 0.2) is 12.2 Å². The summed E-state index contributed by atoms with van der Waals surface area (Å²) in [5.74, 6) is -0.670.